The largest absolute Gasteiger partial charge is 0.354 e. The molecule has 0 aliphatic heterocycles. The van der Waals surface area contributed by atoms with E-state index in [1.807, 2.05) is 30.5 Å². The van der Waals surface area contributed by atoms with E-state index in [2.05, 4.69) is 107 Å². The first-order chi connectivity index (χ1) is 22.4. The van der Waals surface area contributed by atoms with Gasteiger partial charge < -0.3 is 27.5 Å². The van der Waals surface area contributed by atoms with Crippen LogP contribution < -0.4 is 33.5 Å². The molecule has 4 aromatic rings. The highest BCUT2D eigenvalue weighted by molar-refractivity contribution is 5.76. The summed E-state index contributed by atoms with van der Waals surface area (Å²) in [5, 5.41) is 7.28. The monoisotopic (exact) mass is 659 g/mol. The van der Waals surface area contributed by atoms with Crippen molar-refractivity contribution in [2.75, 3.05) is 19.6 Å². The van der Waals surface area contributed by atoms with E-state index in [-0.39, 0.29) is 21.9 Å². The van der Waals surface area contributed by atoms with Crippen LogP contribution in [0.25, 0.3) is 16.7 Å². The number of nitrogens with zero attached hydrogens (tertiary/aromatic N) is 2. The van der Waals surface area contributed by atoms with Crippen LogP contribution in [0.3, 0.4) is 0 Å². The molecule has 9 heteroatoms. The summed E-state index contributed by atoms with van der Waals surface area (Å²) in [6.07, 6.45) is 5.77. The molecule has 2 aromatic heterocycles. The van der Waals surface area contributed by atoms with Crippen molar-refractivity contribution in [2.24, 2.45) is 17.2 Å². The maximum atomic E-state index is 12.5. The van der Waals surface area contributed by atoms with Gasteiger partial charge in [0.15, 0.2) is 0 Å². The van der Waals surface area contributed by atoms with Crippen LogP contribution in [0.1, 0.15) is 110 Å². The Bertz CT molecular complexity index is 1600. The standard InChI is InChI=1S/C21H31N7O.C18H31N/c1-21(2,3)17-11-15-13-28(20(29)27-18(15)26-17)16-7-5-14(6-8-16)12-24-9-4-10-25-19(22)23;1-17(2,3)15-11-14(9-7-8-10-19)12-16(13-15)18(4,5)6/h5-8,11,13,19,24-25H,4,9-10,12,22-23H2,1-3H3,(H,26,27,29);11-13H,7-10,19H2,1-6H3. The number of hydrogen-bond acceptors (Lipinski definition) is 7. The molecule has 0 saturated heterocycles. The Morgan fingerprint density at radius 1 is 0.792 bits per heavy atom. The van der Waals surface area contributed by atoms with Crippen LogP contribution in [0.5, 0.6) is 0 Å². The lowest BCUT2D eigenvalue weighted by atomic mass is 9.79. The minimum absolute atomic E-state index is 0.0321. The molecule has 0 atom stereocenters. The summed E-state index contributed by atoms with van der Waals surface area (Å²) in [6.45, 7) is 23.3. The van der Waals surface area contributed by atoms with Crippen LogP contribution in [-0.2, 0) is 29.2 Å². The molecule has 0 amide bonds. The van der Waals surface area contributed by atoms with Crippen LogP contribution in [0, 0.1) is 0 Å². The van der Waals surface area contributed by atoms with E-state index in [1.165, 1.54) is 23.1 Å². The molecule has 48 heavy (non-hydrogen) atoms. The van der Waals surface area contributed by atoms with Crippen molar-refractivity contribution < 1.29 is 0 Å². The molecule has 4 rings (SSSR count). The number of benzene rings is 2. The highest BCUT2D eigenvalue weighted by Crippen LogP contribution is 2.31. The molecule has 0 saturated carbocycles. The lowest BCUT2D eigenvalue weighted by Crippen LogP contribution is -2.45. The van der Waals surface area contributed by atoms with E-state index in [0.717, 1.165) is 67.8 Å². The fourth-order valence-corrected chi connectivity index (χ4v) is 5.25. The first-order valence-electron chi connectivity index (χ1n) is 17.4. The van der Waals surface area contributed by atoms with Gasteiger partial charge in [-0.25, -0.2) is 4.79 Å². The summed E-state index contributed by atoms with van der Waals surface area (Å²) in [5.74, 6) is 0. The minimum Gasteiger partial charge on any atom is -0.343 e. The summed E-state index contributed by atoms with van der Waals surface area (Å²) in [6, 6.07) is 17.1. The molecule has 0 spiro atoms. The Kier molecular flexibility index (Phi) is 13.7. The fraction of sp³-hybridized carbons (Fsp3) is 0.538. The molecular formula is C39H62N8O. The van der Waals surface area contributed by atoms with Gasteiger partial charge in [0, 0.05) is 29.2 Å². The molecular weight excluding hydrogens is 596 g/mol. The lowest BCUT2D eigenvalue weighted by molar-refractivity contribution is 0.519. The van der Waals surface area contributed by atoms with Crippen LogP contribution >= 0.6 is 0 Å². The molecule has 0 radical (unpaired) electrons. The molecule has 0 aliphatic carbocycles. The average molecular weight is 659 g/mol. The number of hydrogen-bond donors (Lipinski definition) is 6. The van der Waals surface area contributed by atoms with Gasteiger partial charge in [-0.2, -0.15) is 4.98 Å². The normalized spacial score (nSPS) is 12.4. The third-order valence-corrected chi connectivity index (χ3v) is 8.41. The van der Waals surface area contributed by atoms with Crippen LogP contribution in [0.2, 0.25) is 0 Å². The maximum absolute atomic E-state index is 12.5. The number of aryl methyl sites for hydroxylation is 1. The van der Waals surface area contributed by atoms with E-state index in [9.17, 15) is 4.79 Å². The molecule has 2 heterocycles. The summed E-state index contributed by atoms with van der Waals surface area (Å²) in [7, 11) is 0. The molecule has 2 aromatic carbocycles. The summed E-state index contributed by atoms with van der Waals surface area (Å²) < 4.78 is 1.58. The van der Waals surface area contributed by atoms with Gasteiger partial charge in [-0.15, -0.1) is 0 Å². The van der Waals surface area contributed by atoms with E-state index in [4.69, 9.17) is 17.2 Å². The Morgan fingerprint density at radius 3 is 1.96 bits per heavy atom. The van der Waals surface area contributed by atoms with Crippen molar-refractivity contribution in [3.63, 3.8) is 0 Å². The van der Waals surface area contributed by atoms with E-state index >= 15 is 0 Å². The Morgan fingerprint density at radius 2 is 1.42 bits per heavy atom. The molecule has 0 unspecified atom stereocenters. The van der Waals surface area contributed by atoms with Gasteiger partial charge in [-0.05, 0) is 96.6 Å². The Hall–Kier alpha value is -3.34. The zero-order valence-corrected chi connectivity index (χ0v) is 31.0. The fourth-order valence-electron chi connectivity index (χ4n) is 5.25. The smallest absolute Gasteiger partial charge is 0.343 e. The van der Waals surface area contributed by atoms with E-state index in [1.54, 1.807) is 4.57 Å². The molecule has 0 fully saturated rings. The molecule has 0 aliphatic rings. The second-order valence-corrected chi connectivity index (χ2v) is 16.0. The predicted molar refractivity (Wildman–Crippen MR) is 203 cm³/mol. The van der Waals surface area contributed by atoms with E-state index in [0.29, 0.717) is 5.65 Å². The lowest BCUT2D eigenvalue weighted by Gasteiger charge is -2.26. The third-order valence-electron chi connectivity index (χ3n) is 8.41. The number of H-pyrrole nitrogens is 1. The van der Waals surface area contributed by atoms with Gasteiger partial charge in [-0.1, -0.05) is 92.6 Å². The van der Waals surface area contributed by atoms with E-state index < -0.39 is 6.29 Å². The highest BCUT2D eigenvalue weighted by atomic mass is 16.1. The van der Waals surface area contributed by atoms with Crippen molar-refractivity contribution in [3.05, 3.63) is 93.2 Å². The van der Waals surface area contributed by atoms with Crippen molar-refractivity contribution in [2.45, 2.75) is 117 Å². The van der Waals surface area contributed by atoms with Gasteiger partial charge in [0.25, 0.3) is 0 Å². The average Bonchev–Trinajstić information content (AvgIpc) is 3.42. The van der Waals surface area contributed by atoms with Crippen LogP contribution in [-0.4, -0.2) is 40.5 Å². The minimum atomic E-state index is -0.467. The second-order valence-electron chi connectivity index (χ2n) is 16.0. The number of nitrogens with two attached hydrogens (primary N) is 3. The number of nitrogens with one attached hydrogen (secondary N) is 3. The molecule has 264 valence electrons. The van der Waals surface area contributed by atoms with Crippen molar-refractivity contribution in [1.29, 1.82) is 0 Å². The highest BCUT2D eigenvalue weighted by Gasteiger charge is 2.20. The van der Waals surface area contributed by atoms with Crippen molar-refractivity contribution in [3.8, 4) is 5.69 Å². The number of aromatic nitrogens is 3. The van der Waals surface area contributed by atoms with Crippen molar-refractivity contribution in [1.82, 2.24) is 25.2 Å². The number of rotatable bonds is 12. The first-order valence-corrected chi connectivity index (χ1v) is 17.4. The predicted octanol–water partition coefficient (Wildman–Crippen LogP) is 5.84. The number of aromatic amines is 1. The molecule has 0 bridgehead atoms. The first kappa shape index (κ1) is 39.1. The number of fused-ring (bicyclic) bond motifs is 1. The van der Waals surface area contributed by atoms with Gasteiger partial charge in [0.2, 0.25) is 0 Å². The Balaban J connectivity index is 0.000000286. The summed E-state index contributed by atoms with van der Waals surface area (Å²) >= 11 is 0. The van der Waals surface area contributed by atoms with Crippen LogP contribution in [0.4, 0.5) is 0 Å². The third kappa shape index (κ3) is 12.0. The van der Waals surface area contributed by atoms with Crippen molar-refractivity contribution >= 4 is 11.0 Å². The quantitative estimate of drug-likeness (QED) is 0.0826. The Labute approximate surface area is 288 Å². The van der Waals surface area contributed by atoms with Gasteiger partial charge >= 0.3 is 5.69 Å². The van der Waals surface area contributed by atoms with Gasteiger partial charge in [-0.3, -0.25) is 9.88 Å². The zero-order valence-electron chi connectivity index (χ0n) is 31.0. The second kappa shape index (κ2) is 16.9. The van der Waals surface area contributed by atoms with Crippen LogP contribution in [0.15, 0.2) is 59.5 Å². The molecule has 9 N–H and O–H groups in total. The SMILES string of the molecule is CC(C)(C)c1cc(CCCCN)cc(C(C)(C)C)c1.CC(C)(C)c1cc2cn(-c3ccc(CNCCCNC(N)N)cc3)c(=O)nc2[nH]1. The van der Waals surface area contributed by atoms with Gasteiger partial charge in [0.05, 0.1) is 5.69 Å². The topological polar surface area (TPSA) is 153 Å². The maximum Gasteiger partial charge on any atom is 0.354 e. The summed E-state index contributed by atoms with van der Waals surface area (Å²) in [4.78, 5) is 20.0. The van der Waals surface area contributed by atoms with Gasteiger partial charge in [0.1, 0.15) is 11.9 Å². The number of unbranched alkanes of at least 4 members (excludes halogenated alkanes) is 1. The molecule has 9 nitrogen and oxygen atoms in total. The zero-order chi connectivity index (χ0) is 35.7. The summed E-state index contributed by atoms with van der Waals surface area (Å²) in [5.41, 5.74) is 24.6.